The Morgan fingerprint density at radius 3 is 2.24 bits per heavy atom. The van der Waals surface area contributed by atoms with Gasteiger partial charge < -0.3 is 20.3 Å². The first-order valence-corrected chi connectivity index (χ1v) is 10.5. The van der Waals surface area contributed by atoms with Gasteiger partial charge >= 0.3 is 0 Å². The maximum atomic E-state index is 12.0. The number of benzene rings is 2. The molecule has 0 atom stereocenters. The number of anilines is 1. The van der Waals surface area contributed by atoms with E-state index in [0.717, 1.165) is 24.3 Å². The second-order valence-corrected chi connectivity index (χ2v) is 8.01. The zero-order valence-corrected chi connectivity index (χ0v) is 18.1. The molecule has 0 unspecified atom stereocenters. The number of hydrogen-bond donors (Lipinski definition) is 2. The van der Waals surface area contributed by atoms with Crippen LogP contribution in [-0.2, 0) is 5.54 Å². The third-order valence-corrected chi connectivity index (χ3v) is 5.53. The topological polar surface area (TPSA) is 53.6 Å². The SMILES string of the molecule is CCOc1ccc(C2(NC(=S)Nc3ccc(C(=O)N(C)C)cc3)CCCC2)cc1. The number of thiocarbonyl (C=S) groups is 1. The van der Waals surface area contributed by atoms with Crippen LogP contribution < -0.4 is 15.4 Å². The van der Waals surface area contributed by atoms with Gasteiger partial charge in [0.25, 0.3) is 5.91 Å². The van der Waals surface area contributed by atoms with Crippen molar-refractivity contribution in [3.63, 3.8) is 0 Å². The molecule has 0 heterocycles. The monoisotopic (exact) mass is 411 g/mol. The van der Waals surface area contributed by atoms with Crippen molar-refractivity contribution in [3.8, 4) is 5.75 Å². The highest BCUT2D eigenvalue weighted by Gasteiger charge is 2.36. The lowest BCUT2D eigenvalue weighted by Gasteiger charge is -2.32. The number of carbonyl (C=O) groups excluding carboxylic acids is 1. The molecular formula is C23H29N3O2S. The summed E-state index contributed by atoms with van der Waals surface area (Å²) in [6, 6.07) is 15.7. The van der Waals surface area contributed by atoms with Crippen molar-refractivity contribution in [1.82, 2.24) is 10.2 Å². The molecule has 154 valence electrons. The third-order valence-electron chi connectivity index (χ3n) is 5.32. The minimum absolute atomic E-state index is 0.0161. The van der Waals surface area contributed by atoms with Gasteiger partial charge in [-0.2, -0.15) is 0 Å². The lowest BCUT2D eigenvalue weighted by Crippen LogP contribution is -2.45. The molecule has 0 spiro atoms. The predicted molar refractivity (Wildman–Crippen MR) is 122 cm³/mol. The summed E-state index contributed by atoms with van der Waals surface area (Å²) in [7, 11) is 3.49. The smallest absolute Gasteiger partial charge is 0.253 e. The Labute approximate surface area is 178 Å². The largest absolute Gasteiger partial charge is 0.494 e. The molecule has 2 aromatic carbocycles. The number of carbonyl (C=O) groups is 1. The van der Waals surface area contributed by atoms with E-state index in [1.807, 2.05) is 43.3 Å². The standard InChI is InChI=1S/C23H29N3O2S/c1-4-28-20-13-9-18(10-14-20)23(15-5-6-16-23)25-22(29)24-19-11-7-17(8-12-19)21(27)26(2)3/h7-14H,4-6,15-16H2,1-3H3,(H2,24,25,29). The molecule has 1 aliphatic rings. The summed E-state index contributed by atoms with van der Waals surface area (Å²) in [4.78, 5) is 13.6. The molecule has 0 aliphatic heterocycles. The quantitative estimate of drug-likeness (QED) is 0.684. The normalized spacial score (nSPS) is 14.9. The van der Waals surface area contributed by atoms with Gasteiger partial charge in [-0.15, -0.1) is 0 Å². The maximum absolute atomic E-state index is 12.0. The molecule has 0 saturated heterocycles. The van der Waals surface area contributed by atoms with E-state index in [-0.39, 0.29) is 11.4 Å². The predicted octanol–water partition coefficient (Wildman–Crippen LogP) is 4.54. The average molecular weight is 412 g/mol. The van der Waals surface area contributed by atoms with Crippen molar-refractivity contribution in [1.29, 1.82) is 0 Å². The summed E-state index contributed by atoms with van der Waals surface area (Å²) in [5, 5.41) is 7.42. The highest BCUT2D eigenvalue weighted by Crippen LogP contribution is 2.39. The van der Waals surface area contributed by atoms with Crippen LogP contribution in [0.5, 0.6) is 5.75 Å². The molecule has 2 aromatic rings. The zero-order valence-electron chi connectivity index (χ0n) is 17.3. The van der Waals surface area contributed by atoms with Gasteiger partial charge in [0, 0.05) is 25.3 Å². The van der Waals surface area contributed by atoms with Crippen LogP contribution in [0.3, 0.4) is 0 Å². The molecule has 0 radical (unpaired) electrons. The highest BCUT2D eigenvalue weighted by atomic mass is 32.1. The van der Waals surface area contributed by atoms with Crippen LogP contribution in [0.1, 0.15) is 48.5 Å². The van der Waals surface area contributed by atoms with E-state index in [4.69, 9.17) is 17.0 Å². The minimum atomic E-state index is -0.157. The number of nitrogens with zero attached hydrogens (tertiary/aromatic N) is 1. The fraction of sp³-hybridized carbons (Fsp3) is 0.391. The van der Waals surface area contributed by atoms with Gasteiger partial charge in [-0.05, 0) is 73.9 Å². The molecule has 0 bridgehead atoms. The van der Waals surface area contributed by atoms with Crippen LogP contribution in [0.2, 0.25) is 0 Å². The number of rotatable bonds is 6. The van der Waals surface area contributed by atoms with Gasteiger partial charge in [0.1, 0.15) is 5.75 Å². The zero-order chi connectivity index (χ0) is 20.9. The first-order valence-electron chi connectivity index (χ1n) is 10.1. The van der Waals surface area contributed by atoms with Crippen molar-refractivity contribution in [2.75, 3.05) is 26.0 Å². The lowest BCUT2D eigenvalue weighted by molar-refractivity contribution is 0.0827. The number of ether oxygens (including phenoxy) is 1. The Hall–Kier alpha value is -2.60. The number of nitrogens with one attached hydrogen (secondary N) is 2. The Bertz CT molecular complexity index is 841. The first-order chi connectivity index (χ1) is 13.9. The van der Waals surface area contributed by atoms with Crippen LogP contribution in [0.25, 0.3) is 0 Å². The fourth-order valence-corrected chi connectivity index (χ4v) is 4.15. The summed E-state index contributed by atoms with van der Waals surface area (Å²) < 4.78 is 5.57. The third kappa shape index (κ3) is 5.07. The Balaban J connectivity index is 1.69. The summed E-state index contributed by atoms with van der Waals surface area (Å²) >= 11 is 5.62. The van der Waals surface area contributed by atoms with E-state index in [1.165, 1.54) is 18.4 Å². The van der Waals surface area contributed by atoms with Crippen LogP contribution in [-0.4, -0.2) is 36.6 Å². The van der Waals surface area contributed by atoms with Gasteiger partial charge in [-0.1, -0.05) is 25.0 Å². The number of amides is 1. The molecule has 5 nitrogen and oxygen atoms in total. The molecule has 6 heteroatoms. The van der Waals surface area contributed by atoms with E-state index >= 15 is 0 Å². The van der Waals surface area contributed by atoms with Gasteiger partial charge in [0.2, 0.25) is 0 Å². The van der Waals surface area contributed by atoms with E-state index in [1.54, 1.807) is 19.0 Å². The van der Waals surface area contributed by atoms with E-state index in [9.17, 15) is 4.79 Å². The number of hydrogen-bond acceptors (Lipinski definition) is 3. The molecule has 1 saturated carbocycles. The fourth-order valence-electron chi connectivity index (χ4n) is 3.84. The molecule has 29 heavy (non-hydrogen) atoms. The molecule has 1 fully saturated rings. The van der Waals surface area contributed by atoms with E-state index in [0.29, 0.717) is 17.3 Å². The van der Waals surface area contributed by atoms with E-state index in [2.05, 4.69) is 22.8 Å². The first kappa shape index (κ1) is 21.1. The van der Waals surface area contributed by atoms with Crippen LogP contribution in [0, 0.1) is 0 Å². The van der Waals surface area contributed by atoms with Crippen molar-refractivity contribution < 1.29 is 9.53 Å². The van der Waals surface area contributed by atoms with Crippen LogP contribution >= 0.6 is 12.2 Å². The summed E-state index contributed by atoms with van der Waals surface area (Å²) in [5.74, 6) is 0.870. The Morgan fingerprint density at radius 2 is 1.69 bits per heavy atom. The molecular weight excluding hydrogens is 382 g/mol. The lowest BCUT2D eigenvalue weighted by atomic mass is 9.88. The van der Waals surface area contributed by atoms with Gasteiger partial charge in [-0.25, -0.2) is 0 Å². The molecule has 3 rings (SSSR count). The molecule has 0 aromatic heterocycles. The Morgan fingerprint density at radius 1 is 1.07 bits per heavy atom. The van der Waals surface area contributed by atoms with Gasteiger partial charge in [-0.3, -0.25) is 4.79 Å². The molecule has 2 N–H and O–H groups in total. The van der Waals surface area contributed by atoms with Crippen LogP contribution in [0.4, 0.5) is 5.69 Å². The summed E-state index contributed by atoms with van der Waals surface area (Å²) in [5.41, 5.74) is 2.59. The van der Waals surface area contributed by atoms with Crippen molar-refractivity contribution >= 4 is 28.9 Å². The van der Waals surface area contributed by atoms with Crippen molar-refractivity contribution in [2.45, 2.75) is 38.1 Å². The van der Waals surface area contributed by atoms with Gasteiger partial charge in [0.15, 0.2) is 5.11 Å². The second-order valence-electron chi connectivity index (χ2n) is 7.60. The van der Waals surface area contributed by atoms with Crippen molar-refractivity contribution in [2.24, 2.45) is 0 Å². The molecule has 1 aliphatic carbocycles. The van der Waals surface area contributed by atoms with E-state index < -0.39 is 0 Å². The molecule has 1 amide bonds. The second kappa shape index (κ2) is 9.27. The maximum Gasteiger partial charge on any atom is 0.253 e. The minimum Gasteiger partial charge on any atom is -0.494 e. The van der Waals surface area contributed by atoms with Crippen molar-refractivity contribution in [3.05, 3.63) is 59.7 Å². The Kier molecular flexibility index (Phi) is 6.75. The average Bonchev–Trinajstić information content (AvgIpc) is 3.18. The highest BCUT2D eigenvalue weighted by molar-refractivity contribution is 7.80. The van der Waals surface area contributed by atoms with Crippen LogP contribution in [0.15, 0.2) is 48.5 Å². The van der Waals surface area contributed by atoms with Gasteiger partial charge in [0.05, 0.1) is 12.1 Å². The summed E-state index contributed by atoms with van der Waals surface area (Å²) in [6.07, 6.45) is 4.42. The summed E-state index contributed by atoms with van der Waals surface area (Å²) in [6.45, 7) is 2.65.